The predicted molar refractivity (Wildman–Crippen MR) is 114 cm³/mol. The average molecular weight is 416 g/mol. The van der Waals surface area contributed by atoms with Crippen LogP contribution in [0.4, 0.5) is 10.8 Å². The second kappa shape index (κ2) is 8.42. The van der Waals surface area contributed by atoms with E-state index in [4.69, 9.17) is 4.74 Å². The van der Waals surface area contributed by atoms with E-state index in [2.05, 4.69) is 25.2 Å². The van der Waals surface area contributed by atoms with E-state index in [-0.39, 0.29) is 11.7 Å². The van der Waals surface area contributed by atoms with Crippen LogP contribution in [0.3, 0.4) is 0 Å². The quantitative estimate of drug-likeness (QED) is 0.506. The van der Waals surface area contributed by atoms with Crippen LogP contribution in [-0.2, 0) is 9.53 Å². The van der Waals surface area contributed by atoms with Gasteiger partial charge in [0.2, 0.25) is 5.91 Å². The monoisotopic (exact) mass is 415 g/mol. The Bertz CT molecular complexity index is 1000. The lowest BCUT2D eigenvalue weighted by Crippen LogP contribution is -2.36. The molecular weight excluding hydrogens is 394 g/mol. The van der Waals surface area contributed by atoms with E-state index in [1.165, 1.54) is 18.1 Å². The van der Waals surface area contributed by atoms with Gasteiger partial charge in [-0.05, 0) is 31.0 Å². The van der Waals surface area contributed by atoms with Crippen molar-refractivity contribution in [3.05, 3.63) is 35.7 Å². The molecule has 1 saturated heterocycles. The number of fused-ring (bicyclic) bond motifs is 1. The molecule has 7 nitrogen and oxygen atoms in total. The first-order valence-corrected chi connectivity index (χ1v) is 10.8. The van der Waals surface area contributed by atoms with Crippen molar-refractivity contribution in [2.75, 3.05) is 42.3 Å². The first kappa shape index (κ1) is 19.1. The van der Waals surface area contributed by atoms with Crippen molar-refractivity contribution in [2.24, 2.45) is 0 Å². The van der Waals surface area contributed by atoms with Crippen molar-refractivity contribution < 1.29 is 9.53 Å². The van der Waals surface area contributed by atoms with Crippen LogP contribution in [0.1, 0.15) is 11.1 Å². The Morgan fingerprint density at radius 1 is 1.29 bits per heavy atom. The molecule has 0 atom stereocenters. The minimum atomic E-state index is -0.0524. The van der Waals surface area contributed by atoms with E-state index in [9.17, 15) is 4.79 Å². The Morgan fingerprint density at radius 3 is 2.93 bits per heavy atom. The Hall–Kier alpha value is -2.23. The molecule has 0 spiro atoms. The zero-order valence-electron chi connectivity index (χ0n) is 15.8. The number of hydrogen-bond donors (Lipinski definition) is 1. The summed E-state index contributed by atoms with van der Waals surface area (Å²) in [5.74, 6) is 0.230. The van der Waals surface area contributed by atoms with Gasteiger partial charge in [-0.25, -0.2) is 9.97 Å². The highest BCUT2D eigenvalue weighted by Crippen LogP contribution is 2.34. The van der Waals surface area contributed by atoms with E-state index >= 15 is 0 Å². The zero-order valence-corrected chi connectivity index (χ0v) is 17.4. The number of aromatic nitrogens is 3. The van der Waals surface area contributed by atoms with Gasteiger partial charge in [-0.1, -0.05) is 35.2 Å². The molecular formula is C19H21N5O2S2. The number of ether oxygens (including phenoxy) is 1. The van der Waals surface area contributed by atoms with Crippen molar-refractivity contribution in [1.29, 1.82) is 0 Å². The standard InChI is InChI=1S/C19H21N5O2S2/c1-12-3-4-13(2)14(9-12)22-15(25)10-27-18-16-17(20-11-21-18)23-19(28-16)24-5-7-26-8-6-24/h3-4,9,11H,5-8,10H2,1-2H3,(H,22,25). The number of anilines is 2. The second-order valence-electron chi connectivity index (χ2n) is 6.58. The number of carbonyl (C=O) groups excluding carboxylic acids is 1. The maximum absolute atomic E-state index is 12.4. The fourth-order valence-electron chi connectivity index (χ4n) is 2.91. The molecule has 3 heterocycles. The van der Waals surface area contributed by atoms with Crippen LogP contribution in [-0.4, -0.2) is 52.9 Å². The Kier molecular flexibility index (Phi) is 5.74. The Balaban J connectivity index is 1.46. The lowest BCUT2D eigenvalue weighted by Gasteiger charge is -2.25. The summed E-state index contributed by atoms with van der Waals surface area (Å²) >= 11 is 2.98. The third kappa shape index (κ3) is 4.26. The minimum absolute atomic E-state index is 0.0524. The van der Waals surface area contributed by atoms with Gasteiger partial charge >= 0.3 is 0 Å². The van der Waals surface area contributed by atoms with Gasteiger partial charge in [0.15, 0.2) is 10.8 Å². The van der Waals surface area contributed by atoms with E-state index in [0.717, 1.165) is 44.8 Å². The first-order valence-electron chi connectivity index (χ1n) is 9.04. The number of carbonyl (C=O) groups is 1. The molecule has 9 heteroatoms. The lowest BCUT2D eigenvalue weighted by atomic mass is 10.1. The molecule has 1 N–H and O–H groups in total. The molecule has 1 amide bonds. The number of thiazole rings is 1. The summed E-state index contributed by atoms with van der Waals surface area (Å²) in [4.78, 5) is 27.9. The fourth-order valence-corrected chi connectivity index (χ4v) is 4.85. The molecule has 0 bridgehead atoms. The van der Waals surface area contributed by atoms with Gasteiger partial charge in [0, 0.05) is 18.8 Å². The van der Waals surface area contributed by atoms with Gasteiger partial charge in [0.05, 0.1) is 19.0 Å². The summed E-state index contributed by atoms with van der Waals surface area (Å²) < 4.78 is 6.33. The minimum Gasteiger partial charge on any atom is -0.378 e. The number of nitrogens with one attached hydrogen (secondary N) is 1. The third-order valence-electron chi connectivity index (χ3n) is 4.44. The summed E-state index contributed by atoms with van der Waals surface area (Å²) in [5, 5.41) is 4.71. The molecule has 0 aliphatic carbocycles. The highest BCUT2D eigenvalue weighted by atomic mass is 32.2. The number of morpholine rings is 1. The lowest BCUT2D eigenvalue weighted by molar-refractivity contribution is -0.113. The molecule has 0 saturated carbocycles. The summed E-state index contributed by atoms with van der Waals surface area (Å²) in [6.07, 6.45) is 1.51. The van der Waals surface area contributed by atoms with Crippen molar-refractivity contribution in [3.63, 3.8) is 0 Å². The van der Waals surface area contributed by atoms with Crippen LogP contribution in [0, 0.1) is 13.8 Å². The molecule has 0 unspecified atom stereocenters. The predicted octanol–water partition coefficient (Wildman–Crippen LogP) is 3.27. The Morgan fingerprint density at radius 2 is 2.11 bits per heavy atom. The van der Waals surface area contributed by atoms with Crippen LogP contribution in [0.2, 0.25) is 0 Å². The molecule has 2 aromatic heterocycles. The average Bonchev–Trinajstić information content (AvgIpc) is 3.15. The molecule has 146 valence electrons. The van der Waals surface area contributed by atoms with Gasteiger partial charge in [-0.2, -0.15) is 4.98 Å². The van der Waals surface area contributed by atoms with Gasteiger partial charge in [0.25, 0.3) is 0 Å². The zero-order chi connectivity index (χ0) is 19.5. The second-order valence-corrected chi connectivity index (χ2v) is 8.52. The van der Waals surface area contributed by atoms with Gasteiger partial charge < -0.3 is 15.0 Å². The SMILES string of the molecule is Cc1ccc(C)c(NC(=O)CSc2ncnc3nc(N4CCOCC4)sc23)c1. The summed E-state index contributed by atoms with van der Waals surface area (Å²) in [7, 11) is 0. The van der Waals surface area contributed by atoms with Crippen molar-refractivity contribution >= 4 is 50.2 Å². The van der Waals surface area contributed by atoms with E-state index in [1.54, 1.807) is 11.3 Å². The number of nitrogens with zero attached hydrogens (tertiary/aromatic N) is 4. The summed E-state index contributed by atoms with van der Waals surface area (Å²) in [6, 6.07) is 6.03. The maximum atomic E-state index is 12.4. The Labute approximate surface area is 171 Å². The van der Waals surface area contributed by atoms with Gasteiger partial charge in [0.1, 0.15) is 16.1 Å². The van der Waals surface area contributed by atoms with Crippen LogP contribution < -0.4 is 10.2 Å². The highest BCUT2D eigenvalue weighted by molar-refractivity contribution is 8.00. The largest absolute Gasteiger partial charge is 0.378 e. The van der Waals surface area contributed by atoms with Gasteiger partial charge in [-0.3, -0.25) is 4.79 Å². The van der Waals surface area contributed by atoms with Crippen LogP contribution >= 0.6 is 23.1 Å². The first-order chi connectivity index (χ1) is 13.6. The normalized spacial score (nSPS) is 14.4. The number of rotatable bonds is 5. The fraction of sp³-hybridized carbons (Fsp3) is 0.368. The molecule has 1 aliphatic rings. The topological polar surface area (TPSA) is 80.2 Å². The smallest absolute Gasteiger partial charge is 0.234 e. The number of aryl methyl sites for hydroxylation is 2. The number of amides is 1. The maximum Gasteiger partial charge on any atom is 0.234 e. The van der Waals surface area contributed by atoms with E-state index in [1.807, 2.05) is 32.0 Å². The van der Waals surface area contributed by atoms with Crippen LogP contribution in [0.25, 0.3) is 10.3 Å². The molecule has 28 heavy (non-hydrogen) atoms. The molecule has 0 radical (unpaired) electrons. The van der Waals surface area contributed by atoms with Crippen molar-refractivity contribution in [1.82, 2.24) is 15.0 Å². The highest BCUT2D eigenvalue weighted by Gasteiger charge is 2.18. The third-order valence-corrected chi connectivity index (χ3v) is 6.67. The summed E-state index contributed by atoms with van der Waals surface area (Å²) in [5.41, 5.74) is 3.70. The number of thioether (sulfide) groups is 1. The van der Waals surface area contributed by atoms with E-state index < -0.39 is 0 Å². The van der Waals surface area contributed by atoms with E-state index in [0.29, 0.717) is 18.9 Å². The van der Waals surface area contributed by atoms with Crippen LogP contribution in [0.5, 0.6) is 0 Å². The number of benzene rings is 1. The van der Waals surface area contributed by atoms with Crippen LogP contribution in [0.15, 0.2) is 29.6 Å². The van der Waals surface area contributed by atoms with Crippen molar-refractivity contribution in [3.8, 4) is 0 Å². The summed E-state index contributed by atoms with van der Waals surface area (Å²) in [6.45, 7) is 7.07. The molecule has 1 aliphatic heterocycles. The van der Waals surface area contributed by atoms with Gasteiger partial charge in [-0.15, -0.1) is 0 Å². The van der Waals surface area contributed by atoms with Crippen molar-refractivity contribution in [2.45, 2.75) is 18.9 Å². The molecule has 1 fully saturated rings. The molecule has 1 aromatic carbocycles. The molecule has 4 rings (SSSR count). The number of hydrogen-bond acceptors (Lipinski definition) is 8. The molecule has 3 aromatic rings.